The van der Waals surface area contributed by atoms with Crippen LogP contribution in [0.1, 0.15) is 17.4 Å². The van der Waals surface area contributed by atoms with Crippen LogP contribution in [0.15, 0.2) is 12.3 Å². The molecule has 0 unspecified atom stereocenters. The Balaban J connectivity index is 2.57. The fourth-order valence-electron chi connectivity index (χ4n) is 1.75. The van der Waals surface area contributed by atoms with Gasteiger partial charge in [-0.25, -0.2) is 9.78 Å². The molecule has 0 saturated carbocycles. The van der Waals surface area contributed by atoms with Gasteiger partial charge >= 0.3 is 5.97 Å². The summed E-state index contributed by atoms with van der Waals surface area (Å²) in [4.78, 5) is 19.8. The quantitative estimate of drug-likeness (QED) is 0.666. The van der Waals surface area contributed by atoms with Crippen LogP contribution < -0.4 is 5.73 Å². The standard InChI is InChI=1S/C11H13ClN4O2/c1-2-18-10(17)8-5-7-6-14-11(12)15-9(7)16(8)4-3-13/h5-6H,2-4,13H2,1H3. The van der Waals surface area contributed by atoms with Gasteiger partial charge in [-0.2, -0.15) is 4.98 Å². The van der Waals surface area contributed by atoms with E-state index in [2.05, 4.69) is 9.97 Å². The highest BCUT2D eigenvalue weighted by molar-refractivity contribution is 6.28. The van der Waals surface area contributed by atoms with Crippen molar-refractivity contribution < 1.29 is 9.53 Å². The van der Waals surface area contributed by atoms with Crippen LogP contribution in [0.3, 0.4) is 0 Å². The van der Waals surface area contributed by atoms with Crippen LogP contribution in [0.25, 0.3) is 11.0 Å². The summed E-state index contributed by atoms with van der Waals surface area (Å²) in [6.45, 7) is 2.92. The van der Waals surface area contributed by atoms with Gasteiger partial charge in [0.05, 0.1) is 6.61 Å². The van der Waals surface area contributed by atoms with E-state index in [-0.39, 0.29) is 5.28 Å². The summed E-state index contributed by atoms with van der Waals surface area (Å²) in [5.74, 6) is -0.403. The molecule has 0 aliphatic heterocycles. The van der Waals surface area contributed by atoms with Gasteiger partial charge in [0.25, 0.3) is 0 Å². The van der Waals surface area contributed by atoms with Crippen LogP contribution in [-0.4, -0.2) is 33.7 Å². The Labute approximate surface area is 109 Å². The molecule has 96 valence electrons. The van der Waals surface area contributed by atoms with Gasteiger partial charge in [-0.15, -0.1) is 0 Å². The average Bonchev–Trinajstić information content (AvgIpc) is 2.69. The second kappa shape index (κ2) is 5.32. The van der Waals surface area contributed by atoms with E-state index >= 15 is 0 Å². The van der Waals surface area contributed by atoms with E-state index in [1.165, 1.54) is 0 Å². The first-order valence-electron chi connectivity index (χ1n) is 5.56. The second-order valence-electron chi connectivity index (χ2n) is 3.61. The number of halogens is 1. The van der Waals surface area contributed by atoms with Gasteiger partial charge in [0.15, 0.2) is 0 Å². The molecule has 2 aromatic rings. The Hall–Kier alpha value is -1.66. The first-order chi connectivity index (χ1) is 8.67. The van der Waals surface area contributed by atoms with Crippen molar-refractivity contribution in [2.75, 3.05) is 13.2 Å². The predicted molar refractivity (Wildman–Crippen MR) is 67.5 cm³/mol. The lowest BCUT2D eigenvalue weighted by Crippen LogP contribution is -2.17. The van der Waals surface area contributed by atoms with E-state index in [0.29, 0.717) is 31.0 Å². The number of rotatable bonds is 4. The first-order valence-corrected chi connectivity index (χ1v) is 5.94. The highest BCUT2D eigenvalue weighted by atomic mass is 35.5. The molecule has 0 atom stereocenters. The van der Waals surface area contributed by atoms with Crippen LogP contribution in [0.4, 0.5) is 0 Å². The largest absolute Gasteiger partial charge is 0.461 e. The number of esters is 1. The maximum absolute atomic E-state index is 11.8. The SMILES string of the molecule is CCOC(=O)c1cc2cnc(Cl)nc2n1CCN. The van der Waals surface area contributed by atoms with E-state index in [0.717, 1.165) is 5.39 Å². The topological polar surface area (TPSA) is 83.0 Å². The van der Waals surface area contributed by atoms with Crippen molar-refractivity contribution in [1.29, 1.82) is 0 Å². The van der Waals surface area contributed by atoms with Crippen LogP contribution in [0.5, 0.6) is 0 Å². The van der Waals surface area contributed by atoms with Gasteiger partial charge in [-0.3, -0.25) is 0 Å². The van der Waals surface area contributed by atoms with Crippen molar-refractivity contribution >= 4 is 28.6 Å². The van der Waals surface area contributed by atoms with Crippen LogP contribution in [-0.2, 0) is 11.3 Å². The molecule has 0 aliphatic carbocycles. The van der Waals surface area contributed by atoms with E-state index in [1.807, 2.05) is 0 Å². The maximum atomic E-state index is 11.8. The molecule has 0 aliphatic rings. The summed E-state index contributed by atoms with van der Waals surface area (Å²) in [6, 6.07) is 1.68. The zero-order valence-electron chi connectivity index (χ0n) is 9.89. The molecule has 0 saturated heterocycles. The smallest absolute Gasteiger partial charge is 0.355 e. The third-order valence-corrected chi connectivity index (χ3v) is 2.62. The lowest BCUT2D eigenvalue weighted by atomic mass is 10.3. The Kier molecular flexibility index (Phi) is 3.78. The molecule has 0 aromatic carbocycles. The normalized spacial score (nSPS) is 10.8. The average molecular weight is 269 g/mol. The molecule has 6 nitrogen and oxygen atoms in total. The minimum absolute atomic E-state index is 0.134. The van der Waals surface area contributed by atoms with Gasteiger partial charge in [-0.1, -0.05) is 0 Å². The summed E-state index contributed by atoms with van der Waals surface area (Å²) in [7, 11) is 0. The molecule has 7 heteroatoms. The van der Waals surface area contributed by atoms with Crippen molar-refractivity contribution in [3.8, 4) is 0 Å². The minimum atomic E-state index is -0.403. The first kappa shape index (κ1) is 12.8. The van der Waals surface area contributed by atoms with E-state index in [4.69, 9.17) is 22.1 Å². The monoisotopic (exact) mass is 268 g/mol. The minimum Gasteiger partial charge on any atom is -0.461 e. The second-order valence-corrected chi connectivity index (χ2v) is 3.95. The molecule has 0 spiro atoms. The number of ether oxygens (including phenoxy) is 1. The zero-order chi connectivity index (χ0) is 13.1. The van der Waals surface area contributed by atoms with Crippen molar-refractivity contribution in [1.82, 2.24) is 14.5 Å². The summed E-state index contributed by atoms with van der Waals surface area (Å²) in [5, 5.41) is 0.866. The van der Waals surface area contributed by atoms with Crippen molar-refractivity contribution in [2.24, 2.45) is 5.73 Å². The number of aromatic nitrogens is 3. The van der Waals surface area contributed by atoms with Crippen LogP contribution in [0, 0.1) is 0 Å². The molecule has 2 aromatic heterocycles. The lowest BCUT2D eigenvalue weighted by molar-refractivity contribution is 0.0514. The lowest BCUT2D eigenvalue weighted by Gasteiger charge is -2.07. The third-order valence-electron chi connectivity index (χ3n) is 2.44. The van der Waals surface area contributed by atoms with E-state index in [9.17, 15) is 4.79 Å². The highest BCUT2D eigenvalue weighted by Gasteiger charge is 2.17. The number of nitrogens with two attached hydrogens (primary N) is 1. The zero-order valence-corrected chi connectivity index (χ0v) is 10.6. The molecule has 0 radical (unpaired) electrons. The number of fused-ring (bicyclic) bond motifs is 1. The van der Waals surface area contributed by atoms with Gasteiger partial charge in [0.2, 0.25) is 5.28 Å². The molecule has 0 bridgehead atoms. The van der Waals surface area contributed by atoms with Crippen molar-refractivity contribution in [2.45, 2.75) is 13.5 Å². The van der Waals surface area contributed by atoms with Gasteiger partial charge in [0, 0.05) is 24.7 Å². The Morgan fingerprint density at radius 3 is 3.06 bits per heavy atom. The molecule has 0 amide bonds. The third kappa shape index (κ3) is 2.30. The summed E-state index contributed by atoms with van der Waals surface area (Å²) >= 11 is 5.76. The van der Waals surface area contributed by atoms with Gasteiger partial charge < -0.3 is 15.0 Å². The highest BCUT2D eigenvalue weighted by Crippen LogP contribution is 2.19. The molecule has 0 fully saturated rings. The summed E-state index contributed by atoms with van der Waals surface area (Å²) in [5.41, 5.74) is 6.54. The molecule has 2 heterocycles. The molecule has 2 rings (SSSR count). The number of nitrogens with zero attached hydrogens (tertiary/aromatic N) is 3. The fourth-order valence-corrected chi connectivity index (χ4v) is 1.88. The van der Waals surface area contributed by atoms with E-state index < -0.39 is 5.97 Å². The number of hydrogen-bond donors (Lipinski definition) is 1. The van der Waals surface area contributed by atoms with Crippen molar-refractivity contribution in [3.05, 3.63) is 23.2 Å². The summed E-state index contributed by atoms with van der Waals surface area (Å²) < 4.78 is 6.69. The van der Waals surface area contributed by atoms with Crippen LogP contribution in [0.2, 0.25) is 5.28 Å². The molecule has 18 heavy (non-hydrogen) atoms. The molecular weight excluding hydrogens is 256 g/mol. The molecular formula is C11H13ClN4O2. The maximum Gasteiger partial charge on any atom is 0.355 e. The Morgan fingerprint density at radius 1 is 1.61 bits per heavy atom. The van der Waals surface area contributed by atoms with Gasteiger partial charge in [-0.05, 0) is 24.6 Å². The number of carbonyl (C=O) groups is 1. The predicted octanol–water partition coefficient (Wildman–Crippen LogP) is 1.22. The summed E-state index contributed by atoms with van der Waals surface area (Å²) in [6.07, 6.45) is 1.57. The van der Waals surface area contributed by atoms with Crippen molar-refractivity contribution in [3.63, 3.8) is 0 Å². The number of hydrogen-bond acceptors (Lipinski definition) is 5. The Bertz CT molecular complexity index is 582. The van der Waals surface area contributed by atoms with Gasteiger partial charge in [0.1, 0.15) is 11.3 Å². The Morgan fingerprint density at radius 2 is 2.39 bits per heavy atom. The van der Waals surface area contributed by atoms with Crippen LogP contribution >= 0.6 is 11.6 Å². The van der Waals surface area contributed by atoms with E-state index in [1.54, 1.807) is 23.8 Å². The number of carbonyl (C=O) groups excluding carboxylic acids is 1. The fraction of sp³-hybridized carbons (Fsp3) is 0.364. The molecule has 2 N–H and O–H groups in total.